The number of halogens is 6. The molecule has 1 aromatic heterocycles. The molecular weight excluding hydrogens is 522 g/mol. The van der Waals surface area contributed by atoms with E-state index in [1.54, 1.807) is 11.3 Å². The topological polar surface area (TPSA) is 99.5 Å². The number of hydrogen-bond acceptors (Lipinski definition) is 7. The molecule has 0 unspecified atom stereocenters. The zero-order valence-electron chi connectivity index (χ0n) is 19.7. The van der Waals surface area contributed by atoms with Gasteiger partial charge in [0.2, 0.25) is 0 Å². The Hall–Kier alpha value is -1.94. The number of carbonyl (C=O) groups is 2. The second-order valence-corrected chi connectivity index (χ2v) is 9.10. The summed E-state index contributed by atoms with van der Waals surface area (Å²) in [6, 6.07) is 2.85. The van der Waals surface area contributed by atoms with Crippen LogP contribution >= 0.6 is 11.3 Å². The lowest BCUT2D eigenvalue weighted by Gasteiger charge is -2.36. The summed E-state index contributed by atoms with van der Waals surface area (Å²) in [6.45, 7) is 4.78. The van der Waals surface area contributed by atoms with E-state index in [-0.39, 0.29) is 0 Å². The number of rotatable bonds is 7. The molecule has 0 amide bonds. The molecule has 2 saturated heterocycles. The number of fused-ring (bicyclic) bond motifs is 1. The Bertz CT molecular complexity index is 767. The Kier molecular flexibility index (Phi) is 13.1. The number of aliphatic carboxylic acids is 2. The fourth-order valence-corrected chi connectivity index (χ4v) is 4.14. The average molecular weight is 553 g/mol. The summed E-state index contributed by atoms with van der Waals surface area (Å²) in [6.07, 6.45) is -5.91. The van der Waals surface area contributed by atoms with Gasteiger partial charge < -0.3 is 24.6 Å². The number of hydrogen-bond donors (Lipinski definition) is 2. The normalized spacial score (nSPS) is 22.2. The van der Waals surface area contributed by atoms with Gasteiger partial charge >= 0.3 is 24.3 Å². The molecule has 0 bridgehead atoms. The van der Waals surface area contributed by atoms with Gasteiger partial charge in [0.25, 0.3) is 0 Å². The molecule has 15 heteroatoms. The molecule has 3 rings (SSSR count). The van der Waals surface area contributed by atoms with Gasteiger partial charge in [0.05, 0.1) is 25.4 Å². The smallest absolute Gasteiger partial charge is 0.475 e. The third kappa shape index (κ3) is 12.3. The third-order valence-electron chi connectivity index (χ3n) is 5.19. The Morgan fingerprint density at radius 1 is 1.11 bits per heavy atom. The first-order valence-electron chi connectivity index (χ1n) is 10.8. The lowest BCUT2D eigenvalue weighted by atomic mass is 9.99. The number of carboxylic acid groups (broad SMARTS) is 2. The van der Waals surface area contributed by atoms with E-state index in [2.05, 4.69) is 40.7 Å². The van der Waals surface area contributed by atoms with Crippen molar-refractivity contribution in [1.82, 2.24) is 9.80 Å². The van der Waals surface area contributed by atoms with Crippen molar-refractivity contribution in [2.24, 2.45) is 0 Å². The molecule has 2 aliphatic heterocycles. The molecular formula is C21H30F6N2O6S. The van der Waals surface area contributed by atoms with E-state index in [9.17, 15) is 26.3 Å². The highest BCUT2D eigenvalue weighted by Gasteiger charge is 2.40. The monoisotopic (exact) mass is 552 g/mol. The molecule has 8 nitrogen and oxygen atoms in total. The van der Waals surface area contributed by atoms with Crippen molar-refractivity contribution in [2.45, 2.75) is 56.4 Å². The van der Waals surface area contributed by atoms with Gasteiger partial charge in [0.1, 0.15) is 0 Å². The fraction of sp³-hybridized carbons (Fsp3) is 0.714. The number of likely N-dealkylation sites (N-methyl/N-ethyl adjacent to an activating group) is 1. The Balaban J connectivity index is 0.000000383. The molecule has 0 aliphatic carbocycles. The van der Waals surface area contributed by atoms with Crippen LogP contribution in [0.25, 0.3) is 0 Å². The quantitative estimate of drug-likeness (QED) is 0.390. The molecule has 3 heterocycles. The minimum atomic E-state index is -5.08. The first-order chi connectivity index (χ1) is 16.6. The highest BCUT2D eigenvalue weighted by atomic mass is 32.1. The van der Waals surface area contributed by atoms with E-state index in [1.165, 1.54) is 24.9 Å². The summed E-state index contributed by atoms with van der Waals surface area (Å²) < 4.78 is 75.5. The summed E-state index contributed by atoms with van der Waals surface area (Å²) in [5, 5.41) is 18.7. The molecule has 1 aromatic rings. The average Bonchev–Trinajstić information content (AvgIpc) is 3.41. The van der Waals surface area contributed by atoms with Crippen LogP contribution in [0.4, 0.5) is 26.3 Å². The molecule has 208 valence electrons. The number of ether oxygens (including phenoxy) is 2. The van der Waals surface area contributed by atoms with Crippen LogP contribution in [-0.4, -0.2) is 103 Å². The van der Waals surface area contributed by atoms with E-state index in [0.29, 0.717) is 18.2 Å². The van der Waals surface area contributed by atoms with Gasteiger partial charge in [-0.2, -0.15) is 37.7 Å². The zero-order chi connectivity index (χ0) is 27.5. The van der Waals surface area contributed by atoms with Gasteiger partial charge in [-0.25, -0.2) is 9.59 Å². The van der Waals surface area contributed by atoms with Crippen LogP contribution in [0.15, 0.2) is 16.8 Å². The number of likely N-dealkylation sites (tertiary alicyclic amines) is 1. The van der Waals surface area contributed by atoms with Crippen LogP contribution in [0.1, 0.15) is 24.8 Å². The molecule has 2 aliphatic rings. The maximum atomic E-state index is 10.6. The van der Waals surface area contributed by atoms with Crippen LogP contribution < -0.4 is 0 Å². The molecule has 2 fully saturated rings. The van der Waals surface area contributed by atoms with Gasteiger partial charge in [0, 0.05) is 25.7 Å². The second-order valence-electron chi connectivity index (χ2n) is 8.32. The highest BCUT2D eigenvalue weighted by molar-refractivity contribution is 7.07. The Morgan fingerprint density at radius 2 is 1.69 bits per heavy atom. The molecule has 0 aromatic carbocycles. The molecule has 3 atom stereocenters. The molecule has 36 heavy (non-hydrogen) atoms. The molecule has 0 spiro atoms. The number of thiophene rings is 1. The lowest BCUT2D eigenvalue weighted by molar-refractivity contribution is -0.193. The molecule has 0 saturated carbocycles. The van der Waals surface area contributed by atoms with Crippen molar-refractivity contribution in [3.05, 3.63) is 22.4 Å². The van der Waals surface area contributed by atoms with Gasteiger partial charge in [-0.3, -0.25) is 4.90 Å². The van der Waals surface area contributed by atoms with Gasteiger partial charge in [-0.1, -0.05) is 0 Å². The Labute approximate surface area is 208 Å². The van der Waals surface area contributed by atoms with Gasteiger partial charge in [-0.05, 0) is 55.7 Å². The largest absolute Gasteiger partial charge is 0.490 e. The van der Waals surface area contributed by atoms with Crippen molar-refractivity contribution in [3.8, 4) is 0 Å². The van der Waals surface area contributed by atoms with Crippen molar-refractivity contribution in [2.75, 3.05) is 40.4 Å². The maximum Gasteiger partial charge on any atom is 0.490 e. The predicted molar refractivity (Wildman–Crippen MR) is 118 cm³/mol. The highest BCUT2D eigenvalue weighted by Crippen LogP contribution is 2.32. The van der Waals surface area contributed by atoms with Crippen molar-refractivity contribution >= 4 is 23.3 Å². The predicted octanol–water partition coefficient (Wildman–Crippen LogP) is 3.71. The summed E-state index contributed by atoms with van der Waals surface area (Å²) in [5.74, 6) is -5.51. The minimum absolute atomic E-state index is 0.296. The molecule has 2 N–H and O–H groups in total. The Morgan fingerprint density at radius 3 is 2.17 bits per heavy atom. The third-order valence-corrected chi connectivity index (χ3v) is 5.92. The first-order valence-corrected chi connectivity index (χ1v) is 11.8. The van der Waals surface area contributed by atoms with E-state index in [1.807, 2.05) is 0 Å². The van der Waals surface area contributed by atoms with Crippen LogP contribution in [-0.2, 0) is 25.6 Å². The SMILES string of the molecule is CN(C)CCOC[C@@H]1CC[C@H]2[C@H](CCN2Cc2ccsc2)O1.O=C(O)C(F)(F)F.O=C(O)C(F)(F)F. The summed E-state index contributed by atoms with van der Waals surface area (Å²) in [4.78, 5) is 22.5. The van der Waals surface area contributed by atoms with E-state index in [4.69, 9.17) is 29.3 Å². The number of nitrogens with zero attached hydrogens (tertiary/aromatic N) is 2. The summed E-state index contributed by atoms with van der Waals surface area (Å²) in [5.41, 5.74) is 1.44. The number of carboxylic acids is 2. The number of alkyl halides is 6. The standard InChI is InChI=1S/C17H28N2O2S.2C2HF3O2/c1-18(2)8-9-20-12-15-3-4-16-17(21-15)5-7-19(16)11-14-6-10-22-13-14;2*3-2(4,5)1(6)7/h6,10,13,15-17H,3-5,7-9,11-12H2,1-2H3;2*(H,6,7)/t15-,16-,17-;;/m0../s1. The van der Waals surface area contributed by atoms with E-state index < -0.39 is 24.3 Å². The zero-order valence-corrected chi connectivity index (χ0v) is 20.5. The van der Waals surface area contributed by atoms with E-state index >= 15 is 0 Å². The van der Waals surface area contributed by atoms with Crippen LogP contribution in [0, 0.1) is 0 Å². The van der Waals surface area contributed by atoms with E-state index in [0.717, 1.165) is 32.7 Å². The van der Waals surface area contributed by atoms with Crippen LogP contribution in [0.2, 0.25) is 0 Å². The minimum Gasteiger partial charge on any atom is -0.475 e. The lowest BCUT2D eigenvalue weighted by Crippen LogP contribution is -2.43. The first kappa shape index (κ1) is 32.1. The van der Waals surface area contributed by atoms with Crippen molar-refractivity contribution < 1.29 is 55.6 Å². The van der Waals surface area contributed by atoms with Gasteiger partial charge in [-0.15, -0.1) is 0 Å². The van der Waals surface area contributed by atoms with Crippen molar-refractivity contribution in [1.29, 1.82) is 0 Å². The summed E-state index contributed by atoms with van der Waals surface area (Å²) in [7, 11) is 4.15. The van der Waals surface area contributed by atoms with Gasteiger partial charge in [0.15, 0.2) is 0 Å². The molecule has 0 radical (unpaired) electrons. The fourth-order valence-electron chi connectivity index (χ4n) is 3.48. The maximum absolute atomic E-state index is 10.6. The van der Waals surface area contributed by atoms with Crippen molar-refractivity contribution in [3.63, 3.8) is 0 Å². The second kappa shape index (κ2) is 14.7. The van der Waals surface area contributed by atoms with Crippen LogP contribution in [0.3, 0.4) is 0 Å². The van der Waals surface area contributed by atoms with Crippen LogP contribution in [0.5, 0.6) is 0 Å². The summed E-state index contributed by atoms with van der Waals surface area (Å²) >= 11 is 1.79.